The summed E-state index contributed by atoms with van der Waals surface area (Å²) in [5.74, 6) is 1.11. The molecule has 2 aromatic rings. The number of aromatic nitrogens is 2. The van der Waals surface area contributed by atoms with E-state index in [9.17, 15) is 0 Å². The maximum absolute atomic E-state index is 5.71. The molecule has 0 aliphatic rings. The molecule has 1 heterocycles. The van der Waals surface area contributed by atoms with Gasteiger partial charge in [0.05, 0.1) is 0 Å². The minimum atomic E-state index is 0.427. The fraction of sp³-hybridized carbons (Fsp3) is 0.167. The van der Waals surface area contributed by atoms with E-state index in [-0.39, 0.29) is 0 Å². The predicted molar refractivity (Wildman–Crippen MR) is 73.2 cm³/mol. The Kier molecular flexibility index (Phi) is 3.58. The van der Waals surface area contributed by atoms with Crippen LogP contribution in [0.2, 0.25) is 0 Å². The van der Waals surface area contributed by atoms with Gasteiger partial charge in [-0.1, -0.05) is 25.1 Å². The Morgan fingerprint density at radius 1 is 1.29 bits per heavy atom. The minimum Gasteiger partial charge on any atom is -0.383 e. The molecule has 0 aliphatic heterocycles. The van der Waals surface area contributed by atoms with Crippen molar-refractivity contribution < 1.29 is 0 Å². The summed E-state index contributed by atoms with van der Waals surface area (Å²) in [5, 5.41) is 3.25. The Morgan fingerprint density at radius 3 is 2.82 bits per heavy atom. The molecule has 4 nitrogen and oxygen atoms in total. The smallest absolute Gasteiger partial charge is 0.150 e. The number of para-hydroxylation sites is 1. The molecule has 3 N–H and O–H groups in total. The van der Waals surface area contributed by atoms with Gasteiger partial charge in [-0.25, -0.2) is 9.97 Å². The average Bonchev–Trinajstić information content (AvgIpc) is 2.35. The molecular weight excluding hydrogens is 280 g/mol. The van der Waals surface area contributed by atoms with Crippen molar-refractivity contribution in [3.8, 4) is 0 Å². The van der Waals surface area contributed by atoms with Crippen LogP contribution in [-0.4, -0.2) is 9.97 Å². The third-order valence-electron chi connectivity index (χ3n) is 2.47. The molecule has 2 rings (SSSR count). The van der Waals surface area contributed by atoms with E-state index in [1.165, 1.54) is 11.9 Å². The van der Waals surface area contributed by atoms with Crippen LogP contribution in [0.1, 0.15) is 12.5 Å². The summed E-state index contributed by atoms with van der Waals surface area (Å²) in [4.78, 5) is 8.06. The van der Waals surface area contributed by atoms with Crippen molar-refractivity contribution in [2.45, 2.75) is 13.3 Å². The van der Waals surface area contributed by atoms with E-state index < -0.39 is 0 Å². The fourth-order valence-corrected chi connectivity index (χ4v) is 1.85. The van der Waals surface area contributed by atoms with Crippen molar-refractivity contribution >= 4 is 33.3 Å². The highest BCUT2D eigenvalue weighted by molar-refractivity contribution is 9.10. The lowest BCUT2D eigenvalue weighted by Crippen LogP contribution is -2.01. The molecule has 0 fully saturated rings. The monoisotopic (exact) mass is 292 g/mol. The molecule has 0 saturated carbocycles. The zero-order chi connectivity index (χ0) is 12.3. The average molecular weight is 293 g/mol. The lowest BCUT2D eigenvalue weighted by molar-refractivity contribution is 1.12. The maximum atomic E-state index is 5.71. The molecule has 0 radical (unpaired) electrons. The Hall–Kier alpha value is -1.62. The minimum absolute atomic E-state index is 0.427. The topological polar surface area (TPSA) is 63.8 Å². The molecule has 0 saturated heterocycles. The molecule has 0 amide bonds. The first-order valence-electron chi connectivity index (χ1n) is 5.33. The van der Waals surface area contributed by atoms with Gasteiger partial charge < -0.3 is 11.1 Å². The van der Waals surface area contributed by atoms with Crippen molar-refractivity contribution in [2.75, 3.05) is 11.1 Å². The van der Waals surface area contributed by atoms with E-state index >= 15 is 0 Å². The van der Waals surface area contributed by atoms with Crippen LogP contribution in [0.4, 0.5) is 17.3 Å². The number of anilines is 3. The molecule has 0 spiro atoms. The Bertz CT molecular complexity index is 528. The van der Waals surface area contributed by atoms with Gasteiger partial charge >= 0.3 is 0 Å². The summed E-state index contributed by atoms with van der Waals surface area (Å²) in [7, 11) is 0. The van der Waals surface area contributed by atoms with Gasteiger partial charge in [0.15, 0.2) is 0 Å². The van der Waals surface area contributed by atoms with E-state index in [2.05, 4.69) is 44.2 Å². The van der Waals surface area contributed by atoms with Gasteiger partial charge in [0, 0.05) is 5.69 Å². The summed E-state index contributed by atoms with van der Waals surface area (Å²) < 4.78 is 0.686. The van der Waals surface area contributed by atoms with Crippen LogP contribution in [0.5, 0.6) is 0 Å². The van der Waals surface area contributed by atoms with Crippen LogP contribution < -0.4 is 11.1 Å². The first-order valence-corrected chi connectivity index (χ1v) is 6.12. The highest BCUT2D eigenvalue weighted by Crippen LogP contribution is 2.28. The number of nitrogens with two attached hydrogens (primary N) is 1. The quantitative estimate of drug-likeness (QED) is 0.912. The lowest BCUT2D eigenvalue weighted by atomic mass is 10.1. The van der Waals surface area contributed by atoms with Crippen LogP contribution in [0.15, 0.2) is 35.1 Å². The van der Waals surface area contributed by atoms with Gasteiger partial charge in [0.25, 0.3) is 0 Å². The number of halogens is 1. The Balaban J connectivity index is 2.35. The highest BCUT2D eigenvalue weighted by Gasteiger charge is 2.07. The van der Waals surface area contributed by atoms with Gasteiger partial charge in [-0.15, -0.1) is 0 Å². The third kappa shape index (κ3) is 2.55. The lowest BCUT2D eigenvalue weighted by Gasteiger charge is -2.11. The van der Waals surface area contributed by atoms with Crippen LogP contribution in [-0.2, 0) is 6.42 Å². The number of nitrogens with one attached hydrogen (secondary N) is 1. The zero-order valence-electron chi connectivity index (χ0n) is 9.44. The molecule has 0 aliphatic carbocycles. The zero-order valence-corrected chi connectivity index (χ0v) is 11.0. The Labute approximate surface area is 108 Å². The van der Waals surface area contributed by atoms with Crippen molar-refractivity contribution in [2.24, 2.45) is 0 Å². The third-order valence-corrected chi connectivity index (χ3v) is 3.25. The summed E-state index contributed by atoms with van der Waals surface area (Å²) in [6, 6.07) is 8.11. The number of nitrogens with zero attached hydrogens (tertiary/aromatic N) is 2. The molecule has 0 atom stereocenters. The van der Waals surface area contributed by atoms with Crippen molar-refractivity contribution in [3.63, 3.8) is 0 Å². The van der Waals surface area contributed by atoms with Gasteiger partial charge in [-0.05, 0) is 34.0 Å². The fourth-order valence-electron chi connectivity index (χ4n) is 1.55. The molecule has 0 unspecified atom stereocenters. The number of benzene rings is 1. The first-order chi connectivity index (χ1) is 8.22. The van der Waals surface area contributed by atoms with Crippen LogP contribution >= 0.6 is 15.9 Å². The summed E-state index contributed by atoms with van der Waals surface area (Å²) in [6.07, 6.45) is 2.40. The van der Waals surface area contributed by atoms with Gasteiger partial charge in [0.1, 0.15) is 22.4 Å². The van der Waals surface area contributed by atoms with E-state index in [0.29, 0.717) is 16.1 Å². The second-order valence-corrected chi connectivity index (χ2v) is 4.35. The van der Waals surface area contributed by atoms with Crippen molar-refractivity contribution in [1.29, 1.82) is 0 Å². The van der Waals surface area contributed by atoms with Crippen LogP contribution in [0.25, 0.3) is 0 Å². The number of nitrogen functional groups attached to an aromatic ring is 1. The van der Waals surface area contributed by atoms with Crippen molar-refractivity contribution in [1.82, 2.24) is 9.97 Å². The van der Waals surface area contributed by atoms with Crippen LogP contribution in [0.3, 0.4) is 0 Å². The maximum Gasteiger partial charge on any atom is 0.150 e. The largest absolute Gasteiger partial charge is 0.383 e. The van der Waals surface area contributed by atoms with Gasteiger partial charge in [0.2, 0.25) is 0 Å². The number of hydrogen-bond donors (Lipinski definition) is 2. The number of rotatable bonds is 3. The molecule has 5 heteroatoms. The second-order valence-electron chi connectivity index (χ2n) is 3.56. The predicted octanol–water partition coefficient (Wildman–Crippen LogP) is 3.13. The molecular formula is C12H13BrN4. The van der Waals surface area contributed by atoms with Crippen molar-refractivity contribution in [3.05, 3.63) is 40.6 Å². The number of aryl methyl sites for hydroxylation is 1. The first kappa shape index (κ1) is 11.9. The van der Waals surface area contributed by atoms with E-state index in [4.69, 9.17) is 5.73 Å². The molecule has 0 bridgehead atoms. The number of hydrogen-bond acceptors (Lipinski definition) is 4. The molecule has 1 aromatic heterocycles. The van der Waals surface area contributed by atoms with E-state index in [1.54, 1.807) is 0 Å². The van der Waals surface area contributed by atoms with Crippen LogP contribution in [0, 0.1) is 0 Å². The van der Waals surface area contributed by atoms with Gasteiger partial charge in [-0.2, -0.15) is 0 Å². The van der Waals surface area contributed by atoms with Gasteiger partial charge in [-0.3, -0.25) is 0 Å². The standard InChI is InChI=1S/C12H13BrN4/c1-2-8-5-3-4-6-9(8)17-12-10(13)11(14)15-7-16-12/h3-7H,2H2,1H3,(H3,14,15,16,17). The summed E-state index contributed by atoms with van der Waals surface area (Å²) in [6.45, 7) is 2.11. The second kappa shape index (κ2) is 5.14. The highest BCUT2D eigenvalue weighted by atomic mass is 79.9. The Morgan fingerprint density at radius 2 is 2.06 bits per heavy atom. The molecule has 17 heavy (non-hydrogen) atoms. The normalized spacial score (nSPS) is 10.2. The SMILES string of the molecule is CCc1ccccc1Nc1ncnc(N)c1Br. The molecule has 1 aromatic carbocycles. The summed E-state index contributed by atoms with van der Waals surface area (Å²) in [5.41, 5.74) is 7.98. The van der Waals surface area contributed by atoms with E-state index in [1.807, 2.05) is 18.2 Å². The molecule has 88 valence electrons. The van der Waals surface area contributed by atoms with E-state index in [0.717, 1.165) is 12.1 Å². The summed E-state index contributed by atoms with van der Waals surface area (Å²) >= 11 is 3.37.